The van der Waals surface area contributed by atoms with Crippen molar-refractivity contribution < 1.29 is 14.7 Å². The summed E-state index contributed by atoms with van der Waals surface area (Å²) in [6, 6.07) is 24.9. The summed E-state index contributed by atoms with van der Waals surface area (Å²) in [6.07, 6.45) is 2.53. The molecule has 3 rings (SSSR count). The lowest BCUT2D eigenvalue weighted by atomic mass is 9.73. The van der Waals surface area contributed by atoms with Crippen LogP contribution >= 0.6 is 11.6 Å². The van der Waals surface area contributed by atoms with Gasteiger partial charge in [0, 0.05) is 11.4 Å². The molecule has 29 heavy (non-hydrogen) atoms. The Morgan fingerprint density at radius 1 is 0.897 bits per heavy atom. The Bertz CT molecular complexity index is 950. The molecular formula is C25H23ClO3. The number of carboxylic acid groups (broad SMARTS) is 1. The molecule has 0 bridgehead atoms. The van der Waals surface area contributed by atoms with Crippen LogP contribution in [0.15, 0.2) is 78.9 Å². The number of aldehydes is 1. The maximum absolute atomic E-state index is 12.3. The van der Waals surface area contributed by atoms with Gasteiger partial charge in [0.1, 0.15) is 6.29 Å². The molecule has 0 unspecified atom stereocenters. The summed E-state index contributed by atoms with van der Waals surface area (Å²) in [4.78, 5) is 23.6. The third kappa shape index (κ3) is 4.93. The molecule has 0 aliphatic rings. The van der Waals surface area contributed by atoms with Crippen LogP contribution in [0.5, 0.6) is 0 Å². The van der Waals surface area contributed by atoms with Crippen LogP contribution in [0.3, 0.4) is 0 Å². The molecule has 3 aromatic rings. The first-order valence-corrected chi connectivity index (χ1v) is 10.0. The maximum Gasteiger partial charge on any atom is 0.314 e. The number of hydrogen-bond donors (Lipinski definition) is 1. The van der Waals surface area contributed by atoms with Crippen LogP contribution in [0.1, 0.15) is 30.4 Å². The molecule has 148 valence electrons. The van der Waals surface area contributed by atoms with Gasteiger partial charge in [-0.2, -0.15) is 0 Å². The van der Waals surface area contributed by atoms with Gasteiger partial charge in [-0.1, -0.05) is 78.3 Å². The highest BCUT2D eigenvalue weighted by Gasteiger charge is 2.39. The monoisotopic (exact) mass is 406 g/mol. The fourth-order valence-electron chi connectivity index (χ4n) is 3.69. The largest absolute Gasteiger partial charge is 0.481 e. The van der Waals surface area contributed by atoms with Crippen molar-refractivity contribution >= 4 is 23.9 Å². The van der Waals surface area contributed by atoms with Gasteiger partial charge in [0.25, 0.3) is 0 Å². The average Bonchev–Trinajstić information content (AvgIpc) is 2.74. The van der Waals surface area contributed by atoms with E-state index in [0.29, 0.717) is 29.7 Å². The van der Waals surface area contributed by atoms with E-state index in [-0.39, 0.29) is 6.42 Å². The molecule has 3 nitrogen and oxygen atoms in total. The zero-order valence-electron chi connectivity index (χ0n) is 16.1. The van der Waals surface area contributed by atoms with Gasteiger partial charge >= 0.3 is 5.97 Å². The summed E-state index contributed by atoms with van der Waals surface area (Å²) >= 11 is 5.95. The van der Waals surface area contributed by atoms with Crippen LogP contribution in [0, 0.1) is 0 Å². The molecule has 3 aromatic carbocycles. The summed E-state index contributed by atoms with van der Waals surface area (Å²) < 4.78 is 0. The van der Waals surface area contributed by atoms with Crippen molar-refractivity contribution in [1.29, 1.82) is 0 Å². The van der Waals surface area contributed by atoms with E-state index in [1.165, 1.54) is 0 Å². The highest BCUT2D eigenvalue weighted by atomic mass is 35.5. The number of hydrogen-bond acceptors (Lipinski definition) is 2. The zero-order chi connectivity index (χ0) is 20.7. The first-order chi connectivity index (χ1) is 14.0. The first kappa shape index (κ1) is 20.8. The number of halogens is 1. The summed E-state index contributed by atoms with van der Waals surface area (Å²) in [7, 11) is 0. The molecule has 0 amide bonds. The topological polar surface area (TPSA) is 54.4 Å². The predicted molar refractivity (Wildman–Crippen MR) is 116 cm³/mol. The van der Waals surface area contributed by atoms with Crippen molar-refractivity contribution in [3.05, 3.63) is 95.0 Å². The smallest absolute Gasteiger partial charge is 0.314 e. The Hall–Kier alpha value is -2.91. The van der Waals surface area contributed by atoms with Gasteiger partial charge in [-0.3, -0.25) is 4.79 Å². The molecule has 0 radical (unpaired) electrons. The van der Waals surface area contributed by atoms with Crippen molar-refractivity contribution in [2.75, 3.05) is 0 Å². The minimum atomic E-state index is -1.21. The Labute approximate surface area is 176 Å². The molecule has 0 aromatic heterocycles. The Morgan fingerprint density at radius 3 is 2.03 bits per heavy atom. The lowest BCUT2D eigenvalue weighted by Gasteiger charge is -2.28. The van der Waals surface area contributed by atoms with E-state index < -0.39 is 11.4 Å². The number of benzene rings is 3. The van der Waals surface area contributed by atoms with Gasteiger partial charge in [0.15, 0.2) is 0 Å². The number of carbonyl (C=O) groups excluding carboxylic acids is 1. The maximum atomic E-state index is 12.3. The molecule has 1 atom stereocenters. The Balaban J connectivity index is 1.84. The second-order valence-corrected chi connectivity index (χ2v) is 7.62. The minimum Gasteiger partial charge on any atom is -0.481 e. The Morgan fingerprint density at radius 2 is 1.48 bits per heavy atom. The fraction of sp³-hybridized carbons (Fsp3) is 0.200. The molecule has 0 spiro atoms. The lowest BCUT2D eigenvalue weighted by Crippen LogP contribution is -2.36. The van der Waals surface area contributed by atoms with Crippen molar-refractivity contribution in [3.63, 3.8) is 0 Å². The van der Waals surface area contributed by atoms with E-state index in [2.05, 4.69) is 0 Å². The number of rotatable bonds is 9. The van der Waals surface area contributed by atoms with Crippen molar-refractivity contribution in [3.8, 4) is 11.1 Å². The molecule has 4 heteroatoms. The lowest BCUT2D eigenvalue weighted by molar-refractivity contribution is -0.145. The second kappa shape index (κ2) is 9.53. The number of carboxylic acids is 1. The third-order valence-electron chi connectivity index (χ3n) is 5.37. The molecule has 0 aliphatic carbocycles. The average molecular weight is 407 g/mol. The highest BCUT2D eigenvalue weighted by Crippen LogP contribution is 2.35. The quantitative estimate of drug-likeness (QED) is 0.447. The van der Waals surface area contributed by atoms with Crippen LogP contribution in [0.2, 0.25) is 5.02 Å². The number of carbonyl (C=O) groups is 2. The van der Waals surface area contributed by atoms with E-state index in [9.17, 15) is 14.7 Å². The van der Waals surface area contributed by atoms with Crippen molar-refractivity contribution in [2.24, 2.45) is 0 Å². The van der Waals surface area contributed by atoms with E-state index >= 15 is 0 Å². The van der Waals surface area contributed by atoms with Crippen LogP contribution < -0.4 is 0 Å². The minimum absolute atomic E-state index is 0.0442. The molecular weight excluding hydrogens is 384 g/mol. The highest BCUT2D eigenvalue weighted by molar-refractivity contribution is 6.30. The first-order valence-electron chi connectivity index (χ1n) is 9.62. The molecule has 0 saturated carbocycles. The van der Waals surface area contributed by atoms with Gasteiger partial charge < -0.3 is 9.90 Å². The van der Waals surface area contributed by atoms with Crippen LogP contribution in [0.4, 0.5) is 0 Å². The van der Waals surface area contributed by atoms with Gasteiger partial charge in [-0.25, -0.2) is 0 Å². The molecule has 0 aliphatic heterocycles. The zero-order valence-corrected chi connectivity index (χ0v) is 16.8. The van der Waals surface area contributed by atoms with Crippen molar-refractivity contribution in [1.82, 2.24) is 0 Å². The second-order valence-electron chi connectivity index (χ2n) is 7.18. The molecule has 1 N–H and O–H groups in total. The standard InChI is InChI=1S/C25H23ClO3/c26-23-14-10-21(11-15-23)20-8-12-22(13-9-20)25(17-18-27,24(28)29)16-4-7-19-5-2-1-3-6-19/h1-3,5-6,8-15,18H,4,7,16-17H2,(H,28,29)/t25-/m0/s1. The van der Waals surface area contributed by atoms with Gasteiger partial charge in [-0.15, -0.1) is 0 Å². The van der Waals surface area contributed by atoms with E-state index in [1.54, 1.807) is 0 Å². The van der Waals surface area contributed by atoms with Crippen LogP contribution in [-0.4, -0.2) is 17.4 Å². The summed E-state index contributed by atoms with van der Waals surface area (Å²) in [5.74, 6) is -0.961. The Kier molecular flexibility index (Phi) is 6.84. The molecule has 0 heterocycles. The predicted octanol–water partition coefficient (Wildman–Crippen LogP) is 5.94. The van der Waals surface area contributed by atoms with Crippen LogP contribution in [0.25, 0.3) is 11.1 Å². The normalized spacial score (nSPS) is 12.9. The number of aryl methyl sites for hydroxylation is 1. The van der Waals surface area contributed by atoms with Crippen molar-refractivity contribution in [2.45, 2.75) is 31.1 Å². The van der Waals surface area contributed by atoms with E-state index in [4.69, 9.17) is 11.6 Å². The molecule has 0 saturated heterocycles. The van der Waals surface area contributed by atoms with E-state index in [1.807, 2.05) is 78.9 Å². The van der Waals surface area contributed by atoms with E-state index in [0.717, 1.165) is 23.1 Å². The third-order valence-corrected chi connectivity index (χ3v) is 5.62. The number of aliphatic carboxylic acids is 1. The summed E-state index contributed by atoms with van der Waals surface area (Å²) in [5.41, 5.74) is 2.58. The SMILES string of the molecule is O=CC[C@](CCCc1ccccc1)(C(=O)O)c1ccc(-c2ccc(Cl)cc2)cc1. The van der Waals surface area contributed by atoms with Gasteiger partial charge in [-0.05, 0) is 53.6 Å². The summed E-state index contributed by atoms with van der Waals surface area (Å²) in [6.45, 7) is 0. The van der Waals surface area contributed by atoms with Crippen LogP contribution in [-0.2, 0) is 21.4 Å². The summed E-state index contributed by atoms with van der Waals surface area (Å²) in [5, 5.41) is 10.7. The van der Waals surface area contributed by atoms with Gasteiger partial charge in [0.2, 0.25) is 0 Å². The van der Waals surface area contributed by atoms with Gasteiger partial charge in [0.05, 0.1) is 5.41 Å². The fourth-order valence-corrected chi connectivity index (χ4v) is 3.81. The molecule has 0 fully saturated rings.